The summed E-state index contributed by atoms with van der Waals surface area (Å²) in [5.41, 5.74) is 0. The monoisotopic (exact) mass is 322 g/mol. The van der Waals surface area contributed by atoms with Crippen LogP contribution < -0.4 is 0 Å². The van der Waals surface area contributed by atoms with Gasteiger partial charge in [-0.3, -0.25) is 4.89 Å². The molecule has 0 bridgehead atoms. The lowest BCUT2D eigenvalue weighted by Gasteiger charge is -2.02. The summed E-state index contributed by atoms with van der Waals surface area (Å²) in [6, 6.07) is 0. The van der Waals surface area contributed by atoms with Crippen molar-refractivity contribution in [1.29, 1.82) is 0 Å². The third-order valence-electron chi connectivity index (χ3n) is 2.55. The third kappa shape index (κ3) is 15.4. The van der Waals surface area contributed by atoms with E-state index in [1.807, 2.05) is 0 Å². The number of rotatable bonds is 13. The van der Waals surface area contributed by atoms with E-state index < -0.39 is 10.4 Å². The second kappa shape index (κ2) is 14.1. The minimum Gasteiger partial charge on any atom is -0.379 e. The number of ether oxygens (including phenoxy) is 1. The van der Waals surface area contributed by atoms with Gasteiger partial charge in [-0.15, -0.1) is 0 Å². The van der Waals surface area contributed by atoms with Crippen LogP contribution in [0.25, 0.3) is 0 Å². The molecule has 0 N–H and O–H groups in total. The van der Waals surface area contributed by atoms with Gasteiger partial charge in [-0.05, 0) is 17.7 Å². The number of hydrogen-bond acceptors (Lipinski definition) is 6. The van der Waals surface area contributed by atoms with Crippen LogP contribution in [0.2, 0.25) is 0 Å². The largest absolute Gasteiger partial charge is 0.436 e. The van der Waals surface area contributed by atoms with Gasteiger partial charge in [-0.1, -0.05) is 44.9 Å². The summed E-state index contributed by atoms with van der Waals surface area (Å²) in [5.74, 6) is 2.68. The average Bonchev–Trinajstić information content (AvgIpc) is 2.45. The van der Waals surface area contributed by atoms with Gasteiger partial charge in [0.1, 0.15) is 0 Å². The molecular weight excluding hydrogens is 296 g/mol. The lowest BCUT2D eigenvalue weighted by Crippen LogP contribution is -2.13. The van der Waals surface area contributed by atoms with Crippen LogP contribution in [0.4, 0.5) is 0 Å². The van der Waals surface area contributed by atoms with Gasteiger partial charge in [0.2, 0.25) is 0 Å². The number of hydrogen-bond donors (Lipinski definition) is 0. The van der Waals surface area contributed by atoms with Crippen molar-refractivity contribution in [2.75, 3.05) is 19.8 Å². The van der Waals surface area contributed by atoms with E-state index in [1.54, 1.807) is 6.92 Å². The molecule has 0 radical (unpaired) electrons. The predicted octanol–water partition coefficient (Wildman–Crippen LogP) is 2.94. The van der Waals surface area contributed by atoms with Crippen molar-refractivity contribution in [3.8, 4) is 12.0 Å². The van der Waals surface area contributed by atoms with Crippen LogP contribution in [-0.4, -0.2) is 28.2 Å². The lowest BCUT2D eigenvalue weighted by atomic mass is 10.1. The smallest absolute Gasteiger partial charge is 0.379 e. The molecule has 0 unspecified atom stereocenters. The summed E-state index contributed by atoms with van der Waals surface area (Å²) < 4.78 is 35.7. The summed E-state index contributed by atoms with van der Waals surface area (Å²) in [6.07, 6.45) is 9.88. The van der Waals surface area contributed by atoms with Crippen molar-refractivity contribution in [2.45, 2.75) is 58.8 Å². The molecule has 0 fully saturated rings. The van der Waals surface area contributed by atoms with Crippen LogP contribution in [0.1, 0.15) is 58.8 Å². The van der Waals surface area contributed by atoms with Gasteiger partial charge in [-0.2, -0.15) is 8.42 Å². The van der Waals surface area contributed by atoms with E-state index >= 15 is 0 Å². The first-order valence-electron chi connectivity index (χ1n) is 7.42. The Labute approximate surface area is 128 Å². The summed E-state index contributed by atoms with van der Waals surface area (Å²) in [6.45, 7) is 4.52. The van der Waals surface area contributed by atoms with E-state index in [9.17, 15) is 8.42 Å². The van der Waals surface area contributed by atoms with Crippen molar-refractivity contribution in [2.24, 2.45) is 0 Å². The van der Waals surface area contributed by atoms with Crippen molar-refractivity contribution in [3.05, 3.63) is 0 Å². The van der Waals surface area contributed by atoms with E-state index in [0.717, 1.165) is 12.8 Å². The van der Waals surface area contributed by atoms with Crippen LogP contribution in [0, 0.1) is 12.0 Å². The molecule has 21 heavy (non-hydrogen) atoms. The topological polar surface area (TPSA) is 71.1 Å². The maximum absolute atomic E-state index is 11.1. The van der Waals surface area contributed by atoms with Crippen LogP contribution in [0.5, 0.6) is 0 Å². The maximum Gasteiger partial charge on any atom is 0.436 e. The normalized spacial score (nSPS) is 11.0. The third-order valence-corrected chi connectivity index (χ3v) is 3.24. The Morgan fingerprint density at radius 1 is 0.952 bits per heavy atom. The Morgan fingerprint density at radius 3 is 2.38 bits per heavy atom. The first-order chi connectivity index (χ1) is 10.1. The van der Waals surface area contributed by atoms with Crippen molar-refractivity contribution in [1.82, 2.24) is 0 Å². The highest BCUT2D eigenvalue weighted by atomic mass is 32.3. The Balaban J connectivity index is 3.53. The van der Waals surface area contributed by atoms with Gasteiger partial charge >= 0.3 is 10.4 Å². The summed E-state index contributed by atoms with van der Waals surface area (Å²) in [4.78, 5) is 4.29. The van der Waals surface area contributed by atoms with Crippen LogP contribution in [-0.2, 0) is 28.5 Å². The highest BCUT2D eigenvalue weighted by Gasteiger charge is 2.12. The SMILES string of the molecule is CCCCCCCCC#COOS(=O)(=O)OCCOCC. The van der Waals surface area contributed by atoms with Crippen molar-refractivity contribution >= 4 is 10.4 Å². The molecule has 124 valence electrons. The van der Waals surface area contributed by atoms with E-state index in [1.165, 1.54) is 25.7 Å². The molecule has 0 aromatic carbocycles. The Kier molecular flexibility index (Phi) is 13.6. The zero-order chi connectivity index (χ0) is 15.8. The second-order valence-electron chi connectivity index (χ2n) is 4.38. The van der Waals surface area contributed by atoms with Crippen molar-refractivity contribution in [3.63, 3.8) is 0 Å². The highest BCUT2D eigenvalue weighted by Crippen LogP contribution is 2.06. The fourth-order valence-electron chi connectivity index (χ4n) is 1.49. The maximum atomic E-state index is 11.1. The second-order valence-corrected chi connectivity index (χ2v) is 5.56. The molecule has 0 aromatic heterocycles. The van der Waals surface area contributed by atoms with Crippen LogP contribution in [0.3, 0.4) is 0 Å². The fraction of sp³-hybridized carbons (Fsp3) is 0.857. The Bertz CT molecular complexity index is 382. The molecule has 0 saturated carbocycles. The minimum absolute atomic E-state index is 0.120. The highest BCUT2D eigenvalue weighted by molar-refractivity contribution is 7.81. The molecule has 0 aliphatic heterocycles. The molecule has 0 aliphatic rings. The number of unbranched alkanes of at least 4 members (excludes halogenated alkanes) is 6. The molecule has 7 heteroatoms. The van der Waals surface area contributed by atoms with Gasteiger partial charge < -0.3 is 4.74 Å². The van der Waals surface area contributed by atoms with Gasteiger partial charge in [0, 0.05) is 13.0 Å². The van der Waals surface area contributed by atoms with Crippen LogP contribution in [0.15, 0.2) is 0 Å². The van der Waals surface area contributed by atoms with Gasteiger partial charge in [0.25, 0.3) is 0 Å². The molecule has 0 heterocycles. The van der Waals surface area contributed by atoms with Gasteiger partial charge in [0.15, 0.2) is 6.11 Å². The zero-order valence-electron chi connectivity index (χ0n) is 12.9. The molecule has 0 atom stereocenters. The molecule has 0 spiro atoms. The molecule has 0 amide bonds. The predicted molar refractivity (Wildman–Crippen MR) is 79.3 cm³/mol. The zero-order valence-corrected chi connectivity index (χ0v) is 13.7. The fourth-order valence-corrected chi connectivity index (χ4v) is 1.92. The molecule has 0 aliphatic carbocycles. The first kappa shape index (κ1) is 20.2. The molecule has 0 rings (SSSR count). The van der Waals surface area contributed by atoms with E-state index in [-0.39, 0.29) is 13.2 Å². The molecule has 0 aromatic rings. The summed E-state index contributed by atoms with van der Waals surface area (Å²) in [7, 11) is -4.17. The first-order valence-corrected chi connectivity index (χ1v) is 8.75. The van der Waals surface area contributed by atoms with Gasteiger partial charge in [0.05, 0.1) is 13.2 Å². The lowest BCUT2D eigenvalue weighted by molar-refractivity contribution is -0.139. The molecule has 6 nitrogen and oxygen atoms in total. The average molecular weight is 322 g/mol. The van der Waals surface area contributed by atoms with E-state index in [4.69, 9.17) is 4.74 Å². The molecular formula is C14H26O6S. The van der Waals surface area contributed by atoms with Crippen molar-refractivity contribution < 1.29 is 26.6 Å². The van der Waals surface area contributed by atoms with E-state index in [2.05, 4.69) is 32.4 Å². The summed E-state index contributed by atoms with van der Waals surface area (Å²) >= 11 is 0. The standard InChI is InChI=1S/C14H26O6S/c1-3-5-6-7-8-9-10-11-12-18-20-21(15,16)19-14-13-17-4-2/h3-10,13-14H2,1-2H3. The Morgan fingerprint density at radius 2 is 1.67 bits per heavy atom. The minimum atomic E-state index is -4.17. The van der Waals surface area contributed by atoms with E-state index in [0.29, 0.717) is 13.0 Å². The summed E-state index contributed by atoms with van der Waals surface area (Å²) in [5, 5.41) is 0. The quantitative estimate of drug-likeness (QED) is 0.225. The van der Waals surface area contributed by atoms with Crippen LogP contribution >= 0.6 is 0 Å². The molecule has 0 saturated heterocycles. The van der Waals surface area contributed by atoms with Gasteiger partial charge in [-0.25, -0.2) is 4.18 Å². The Hall–Kier alpha value is -0.810.